The quantitative estimate of drug-likeness (QED) is 0.397. The molecule has 0 saturated heterocycles. The fourth-order valence-corrected chi connectivity index (χ4v) is 4.59. The van der Waals surface area contributed by atoms with Gasteiger partial charge in [0, 0.05) is 22.7 Å². The minimum atomic E-state index is -0.260. The molecule has 1 aliphatic rings. The van der Waals surface area contributed by atoms with Crippen molar-refractivity contribution in [1.82, 2.24) is 15.1 Å². The molecule has 2 N–H and O–H groups in total. The molecule has 1 amide bonds. The average Bonchev–Trinajstić information content (AvgIpc) is 3.30. The fraction of sp³-hybridized carbons (Fsp3) is 0.385. The van der Waals surface area contributed by atoms with Gasteiger partial charge in [-0.05, 0) is 48.1 Å². The van der Waals surface area contributed by atoms with Gasteiger partial charge in [-0.3, -0.25) is 9.89 Å². The maximum atomic E-state index is 13.4. The average molecular weight is 452 g/mol. The number of halogens is 1. The lowest BCUT2D eigenvalue weighted by atomic mass is 9.93. The Morgan fingerprint density at radius 1 is 1.19 bits per heavy atom. The number of aromatic amines is 1. The second-order valence-electron chi connectivity index (χ2n) is 8.91. The van der Waals surface area contributed by atoms with Crippen molar-refractivity contribution in [2.75, 3.05) is 6.54 Å². The summed E-state index contributed by atoms with van der Waals surface area (Å²) < 4.78 is 0. The Hall–Kier alpha value is -2.79. The molecule has 4 rings (SSSR count). The molecule has 1 aliphatic heterocycles. The number of unbranched alkanes of at least 4 members (excludes halogenated alkanes) is 2. The maximum Gasteiger partial charge on any atom is 0.273 e. The minimum Gasteiger partial charge on any atom is -0.507 e. The number of hydrogen-bond acceptors (Lipinski definition) is 3. The van der Waals surface area contributed by atoms with Crippen LogP contribution in [0.4, 0.5) is 0 Å². The molecule has 0 bridgehead atoms. The number of aromatic hydroxyl groups is 1. The van der Waals surface area contributed by atoms with E-state index in [4.69, 9.17) is 11.6 Å². The molecule has 0 radical (unpaired) electrons. The zero-order valence-corrected chi connectivity index (χ0v) is 19.8. The molecule has 1 aromatic heterocycles. The van der Waals surface area contributed by atoms with E-state index in [1.807, 2.05) is 11.8 Å². The molecule has 6 heteroatoms. The van der Waals surface area contributed by atoms with Gasteiger partial charge in [0.1, 0.15) is 17.1 Å². The molecule has 3 aromatic rings. The third-order valence-electron chi connectivity index (χ3n) is 6.32. The van der Waals surface area contributed by atoms with E-state index in [1.54, 1.807) is 12.1 Å². The molecule has 1 atom stereocenters. The van der Waals surface area contributed by atoms with Crippen molar-refractivity contribution in [2.45, 2.75) is 58.9 Å². The van der Waals surface area contributed by atoms with Crippen LogP contribution in [0.15, 0.2) is 36.4 Å². The molecular formula is C26H30ClN3O2. The molecule has 168 valence electrons. The number of phenols is 1. The van der Waals surface area contributed by atoms with Crippen LogP contribution in [0.3, 0.4) is 0 Å². The summed E-state index contributed by atoms with van der Waals surface area (Å²) in [7, 11) is 0. The smallest absolute Gasteiger partial charge is 0.273 e. The van der Waals surface area contributed by atoms with Gasteiger partial charge in [-0.1, -0.05) is 69.5 Å². The summed E-state index contributed by atoms with van der Waals surface area (Å²) in [6.07, 6.45) is 3.09. The largest absolute Gasteiger partial charge is 0.507 e. The van der Waals surface area contributed by atoms with Crippen LogP contribution in [0.25, 0.3) is 11.3 Å². The van der Waals surface area contributed by atoms with Gasteiger partial charge in [0.2, 0.25) is 0 Å². The summed E-state index contributed by atoms with van der Waals surface area (Å²) in [5.74, 6) is 0.485. The number of amides is 1. The van der Waals surface area contributed by atoms with E-state index in [2.05, 4.69) is 55.2 Å². The third-order valence-corrected chi connectivity index (χ3v) is 6.72. The second kappa shape index (κ2) is 8.99. The molecule has 0 fully saturated rings. The van der Waals surface area contributed by atoms with Crippen molar-refractivity contribution in [3.8, 4) is 17.0 Å². The van der Waals surface area contributed by atoms with E-state index >= 15 is 0 Å². The van der Waals surface area contributed by atoms with Gasteiger partial charge in [0.25, 0.3) is 5.91 Å². The summed E-state index contributed by atoms with van der Waals surface area (Å²) in [5, 5.41) is 18.6. The van der Waals surface area contributed by atoms with Crippen LogP contribution in [-0.4, -0.2) is 32.7 Å². The Kier molecular flexibility index (Phi) is 6.29. The van der Waals surface area contributed by atoms with E-state index in [9.17, 15) is 9.90 Å². The van der Waals surface area contributed by atoms with Gasteiger partial charge in [-0.2, -0.15) is 5.10 Å². The van der Waals surface area contributed by atoms with Crippen LogP contribution in [0.1, 0.15) is 84.7 Å². The lowest BCUT2D eigenvalue weighted by molar-refractivity contribution is 0.0740. The van der Waals surface area contributed by atoms with E-state index in [-0.39, 0.29) is 17.7 Å². The van der Waals surface area contributed by atoms with Crippen molar-refractivity contribution in [2.24, 2.45) is 0 Å². The summed E-state index contributed by atoms with van der Waals surface area (Å²) in [5.41, 5.74) is 5.49. The normalized spacial score (nSPS) is 15.6. The lowest BCUT2D eigenvalue weighted by Gasteiger charge is -2.27. The highest BCUT2D eigenvalue weighted by Crippen LogP contribution is 2.45. The monoisotopic (exact) mass is 451 g/mol. The van der Waals surface area contributed by atoms with Gasteiger partial charge in [0.15, 0.2) is 0 Å². The SMILES string of the molecule is CCCCCN1C(=O)c2[nH]nc(-c3cc(Cl)c(C)cc3O)c2C1c1ccc(C(C)C)cc1. The summed E-state index contributed by atoms with van der Waals surface area (Å²) >= 11 is 6.37. The zero-order chi connectivity index (χ0) is 23.0. The Labute approximate surface area is 194 Å². The highest BCUT2D eigenvalue weighted by atomic mass is 35.5. The number of carbonyl (C=O) groups is 1. The molecule has 0 saturated carbocycles. The lowest BCUT2D eigenvalue weighted by Crippen LogP contribution is -2.30. The number of aromatic nitrogens is 2. The van der Waals surface area contributed by atoms with Crippen LogP contribution in [-0.2, 0) is 0 Å². The number of hydrogen-bond donors (Lipinski definition) is 2. The summed E-state index contributed by atoms with van der Waals surface area (Å²) in [4.78, 5) is 15.3. The predicted molar refractivity (Wildman–Crippen MR) is 128 cm³/mol. The first-order chi connectivity index (χ1) is 15.3. The molecule has 32 heavy (non-hydrogen) atoms. The third kappa shape index (κ3) is 3.90. The Balaban J connectivity index is 1.84. The zero-order valence-electron chi connectivity index (χ0n) is 19.1. The number of carbonyl (C=O) groups excluding carboxylic acids is 1. The van der Waals surface area contributed by atoms with Crippen molar-refractivity contribution in [3.05, 3.63) is 69.4 Å². The Bertz CT molecular complexity index is 1130. The van der Waals surface area contributed by atoms with Gasteiger partial charge in [0.05, 0.1) is 6.04 Å². The Morgan fingerprint density at radius 3 is 2.56 bits per heavy atom. The van der Waals surface area contributed by atoms with E-state index in [0.717, 1.165) is 36.0 Å². The summed E-state index contributed by atoms with van der Waals surface area (Å²) in [6, 6.07) is 11.6. The van der Waals surface area contributed by atoms with Crippen LogP contribution in [0.5, 0.6) is 5.75 Å². The highest BCUT2D eigenvalue weighted by Gasteiger charge is 2.42. The van der Waals surface area contributed by atoms with Crippen molar-refractivity contribution >= 4 is 17.5 Å². The molecular weight excluding hydrogens is 422 g/mol. The number of phenolic OH excluding ortho intramolecular Hbond substituents is 1. The molecule has 0 aliphatic carbocycles. The van der Waals surface area contributed by atoms with Crippen LogP contribution < -0.4 is 0 Å². The fourth-order valence-electron chi connectivity index (χ4n) is 4.43. The van der Waals surface area contributed by atoms with Gasteiger partial charge >= 0.3 is 0 Å². The molecule has 5 nitrogen and oxygen atoms in total. The van der Waals surface area contributed by atoms with Crippen molar-refractivity contribution in [1.29, 1.82) is 0 Å². The number of H-pyrrole nitrogens is 1. The van der Waals surface area contributed by atoms with E-state index in [0.29, 0.717) is 34.4 Å². The molecule has 1 unspecified atom stereocenters. The van der Waals surface area contributed by atoms with Crippen LogP contribution in [0.2, 0.25) is 5.02 Å². The first-order valence-electron chi connectivity index (χ1n) is 11.3. The standard InChI is InChI=1S/C26H30ClN3O2/c1-5-6-7-12-30-25(18-10-8-17(9-11-18)15(2)3)22-23(28-29-24(22)26(30)32)19-14-20(27)16(4)13-21(19)31/h8-11,13-15,25,31H,5-7,12H2,1-4H3,(H,28,29). The number of fused-ring (bicyclic) bond motifs is 1. The number of nitrogens with one attached hydrogen (secondary N) is 1. The summed E-state index contributed by atoms with van der Waals surface area (Å²) in [6.45, 7) is 9.01. The van der Waals surface area contributed by atoms with Gasteiger partial charge in [-0.25, -0.2) is 0 Å². The van der Waals surface area contributed by atoms with Gasteiger partial charge < -0.3 is 10.0 Å². The predicted octanol–water partition coefficient (Wildman–Crippen LogP) is 6.60. The van der Waals surface area contributed by atoms with Crippen molar-refractivity contribution < 1.29 is 9.90 Å². The van der Waals surface area contributed by atoms with E-state index in [1.165, 1.54) is 5.56 Å². The molecule has 0 spiro atoms. The molecule has 2 heterocycles. The second-order valence-corrected chi connectivity index (χ2v) is 9.32. The number of aryl methyl sites for hydroxylation is 1. The van der Waals surface area contributed by atoms with Crippen LogP contribution >= 0.6 is 11.6 Å². The first-order valence-corrected chi connectivity index (χ1v) is 11.7. The molecule has 2 aromatic carbocycles. The number of nitrogens with zero attached hydrogens (tertiary/aromatic N) is 2. The maximum absolute atomic E-state index is 13.4. The van der Waals surface area contributed by atoms with Crippen LogP contribution in [0, 0.1) is 6.92 Å². The Morgan fingerprint density at radius 2 is 1.91 bits per heavy atom. The van der Waals surface area contributed by atoms with E-state index < -0.39 is 0 Å². The highest BCUT2D eigenvalue weighted by molar-refractivity contribution is 6.31. The minimum absolute atomic E-state index is 0.0505. The number of rotatable bonds is 7. The first kappa shape index (κ1) is 22.4. The topological polar surface area (TPSA) is 69.2 Å². The van der Waals surface area contributed by atoms with Gasteiger partial charge in [-0.15, -0.1) is 0 Å². The van der Waals surface area contributed by atoms with Crippen molar-refractivity contribution in [3.63, 3.8) is 0 Å². The number of benzene rings is 2.